The Morgan fingerprint density at radius 3 is 2.61 bits per heavy atom. The van der Waals surface area contributed by atoms with Crippen LogP contribution in [0, 0.1) is 11.6 Å². The third-order valence-electron chi connectivity index (χ3n) is 6.07. The molecule has 2 aliphatic heterocycles. The minimum absolute atomic E-state index is 0. The van der Waals surface area contributed by atoms with Crippen LogP contribution in [0.1, 0.15) is 43.0 Å². The van der Waals surface area contributed by atoms with E-state index in [-0.39, 0.29) is 30.0 Å². The molecule has 1 unspecified atom stereocenters. The monoisotopic (exact) mass is 545 g/mol. The van der Waals surface area contributed by atoms with E-state index in [4.69, 9.17) is 0 Å². The zero-order valence-corrected chi connectivity index (χ0v) is 20.4. The summed E-state index contributed by atoms with van der Waals surface area (Å²) in [5, 5.41) is 12.0. The molecule has 2 aliphatic rings. The lowest BCUT2D eigenvalue weighted by Crippen LogP contribution is -2.53. The number of rotatable bonds is 5. The normalized spacial score (nSPS) is 17.9. The number of hydrogen-bond acceptors (Lipinski definition) is 4. The van der Waals surface area contributed by atoms with Crippen LogP contribution in [0.15, 0.2) is 23.2 Å². The molecule has 0 amide bonds. The summed E-state index contributed by atoms with van der Waals surface area (Å²) in [4.78, 5) is 8.91. The minimum Gasteiger partial charge on any atom is -0.349 e. The van der Waals surface area contributed by atoms with Crippen LogP contribution in [0.2, 0.25) is 0 Å². The number of hydrogen-bond donors (Lipinski definition) is 1. The fraction of sp³-hybridized carbons (Fsp3) is 0.571. The van der Waals surface area contributed by atoms with E-state index in [1.54, 1.807) is 13.1 Å². The van der Waals surface area contributed by atoms with Crippen molar-refractivity contribution in [3.05, 3.63) is 47.0 Å². The van der Waals surface area contributed by atoms with Gasteiger partial charge in [0.05, 0.1) is 6.54 Å². The van der Waals surface area contributed by atoms with Gasteiger partial charge in [0.15, 0.2) is 11.8 Å². The van der Waals surface area contributed by atoms with Crippen molar-refractivity contribution in [1.82, 2.24) is 29.9 Å². The summed E-state index contributed by atoms with van der Waals surface area (Å²) in [5.41, 5.74) is 0.565. The van der Waals surface area contributed by atoms with Crippen LogP contribution < -0.4 is 5.32 Å². The number of aromatic nitrogens is 3. The molecule has 31 heavy (non-hydrogen) atoms. The van der Waals surface area contributed by atoms with Gasteiger partial charge in [-0.25, -0.2) is 8.78 Å². The number of benzene rings is 1. The first-order chi connectivity index (χ1) is 14.6. The third-order valence-corrected chi connectivity index (χ3v) is 6.07. The largest absolute Gasteiger partial charge is 0.349 e. The Balaban J connectivity index is 0.00000272. The summed E-state index contributed by atoms with van der Waals surface area (Å²) in [6.45, 7) is 6.77. The lowest BCUT2D eigenvalue weighted by atomic mass is 10.0. The van der Waals surface area contributed by atoms with E-state index in [1.165, 1.54) is 6.07 Å². The number of piperazine rings is 1. The number of fused-ring (bicyclic) bond motifs is 1. The van der Waals surface area contributed by atoms with Crippen molar-refractivity contribution in [2.24, 2.45) is 4.99 Å². The second-order valence-corrected chi connectivity index (χ2v) is 7.80. The predicted octanol–water partition coefficient (Wildman–Crippen LogP) is 2.96. The molecule has 10 heteroatoms. The van der Waals surface area contributed by atoms with Crippen molar-refractivity contribution >= 4 is 29.9 Å². The first-order valence-electron chi connectivity index (χ1n) is 10.7. The topological polar surface area (TPSA) is 61.6 Å². The molecule has 0 aliphatic carbocycles. The lowest BCUT2D eigenvalue weighted by molar-refractivity contribution is 0.124. The SMILES string of the molecule is CCC(c1ccc(F)cc1F)N1CCN(C(=NC)NCc2nnc3n2CCC3)CC1.I. The van der Waals surface area contributed by atoms with Crippen LogP contribution >= 0.6 is 24.0 Å². The Bertz CT molecular complexity index is 909. The molecule has 0 radical (unpaired) electrons. The van der Waals surface area contributed by atoms with Gasteiger partial charge < -0.3 is 14.8 Å². The van der Waals surface area contributed by atoms with Crippen molar-refractivity contribution in [2.45, 2.75) is 45.3 Å². The van der Waals surface area contributed by atoms with Crippen LogP contribution in [-0.2, 0) is 19.5 Å². The maximum atomic E-state index is 14.3. The molecular weight excluding hydrogens is 515 g/mol. The number of aliphatic imine (C=N–C) groups is 1. The predicted molar refractivity (Wildman–Crippen MR) is 126 cm³/mol. The molecule has 1 atom stereocenters. The van der Waals surface area contributed by atoms with Crippen molar-refractivity contribution < 1.29 is 8.78 Å². The molecule has 0 saturated carbocycles. The molecule has 7 nitrogen and oxygen atoms in total. The average Bonchev–Trinajstić information content (AvgIpc) is 3.36. The smallest absolute Gasteiger partial charge is 0.194 e. The van der Waals surface area contributed by atoms with E-state index in [0.29, 0.717) is 12.1 Å². The zero-order valence-electron chi connectivity index (χ0n) is 18.0. The van der Waals surface area contributed by atoms with Crippen molar-refractivity contribution in [3.8, 4) is 0 Å². The molecule has 3 heterocycles. The van der Waals surface area contributed by atoms with Crippen LogP contribution in [0.5, 0.6) is 0 Å². The third kappa shape index (κ3) is 5.16. The van der Waals surface area contributed by atoms with E-state index >= 15 is 0 Å². The Morgan fingerprint density at radius 1 is 1.16 bits per heavy atom. The molecule has 1 aromatic carbocycles. The summed E-state index contributed by atoms with van der Waals surface area (Å²) < 4.78 is 29.8. The molecule has 1 saturated heterocycles. The van der Waals surface area contributed by atoms with Crippen molar-refractivity contribution in [2.75, 3.05) is 33.2 Å². The van der Waals surface area contributed by atoms with Gasteiger partial charge in [-0.2, -0.15) is 0 Å². The van der Waals surface area contributed by atoms with Crippen molar-refractivity contribution in [1.29, 1.82) is 0 Å². The molecule has 2 aromatic rings. The molecule has 0 spiro atoms. The Hall–Kier alpha value is -1.82. The van der Waals surface area contributed by atoms with Gasteiger partial charge in [-0.15, -0.1) is 34.2 Å². The van der Waals surface area contributed by atoms with Gasteiger partial charge in [-0.05, 0) is 18.9 Å². The van der Waals surface area contributed by atoms with Gasteiger partial charge in [-0.1, -0.05) is 13.0 Å². The molecular formula is C21H30F2IN7. The van der Waals surface area contributed by atoms with Crippen LogP contribution in [-0.4, -0.2) is 63.8 Å². The van der Waals surface area contributed by atoms with Gasteiger partial charge in [-0.3, -0.25) is 9.89 Å². The van der Waals surface area contributed by atoms with Crippen LogP contribution in [0.4, 0.5) is 8.78 Å². The number of guanidine groups is 1. The Labute approximate surface area is 198 Å². The molecule has 0 bridgehead atoms. The van der Waals surface area contributed by atoms with Crippen molar-refractivity contribution in [3.63, 3.8) is 0 Å². The average molecular weight is 545 g/mol. The van der Waals surface area contributed by atoms with Gasteiger partial charge in [0.2, 0.25) is 0 Å². The maximum Gasteiger partial charge on any atom is 0.194 e. The maximum absolute atomic E-state index is 14.3. The summed E-state index contributed by atoms with van der Waals surface area (Å²) in [7, 11) is 1.78. The van der Waals surface area contributed by atoms with Gasteiger partial charge in [0, 0.05) is 63.9 Å². The second-order valence-electron chi connectivity index (χ2n) is 7.80. The zero-order chi connectivity index (χ0) is 21.1. The highest BCUT2D eigenvalue weighted by atomic mass is 127. The number of aryl methyl sites for hydroxylation is 1. The number of nitrogens with zero attached hydrogens (tertiary/aromatic N) is 6. The molecule has 1 aromatic heterocycles. The quantitative estimate of drug-likeness (QED) is 0.356. The van der Waals surface area contributed by atoms with E-state index < -0.39 is 11.6 Å². The molecule has 4 rings (SSSR count). The van der Waals surface area contributed by atoms with Gasteiger partial charge in [0.25, 0.3) is 0 Å². The number of nitrogens with one attached hydrogen (secondary N) is 1. The second kappa shape index (κ2) is 10.7. The highest BCUT2D eigenvalue weighted by Crippen LogP contribution is 2.28. The van der Waals surface area contributed by atoms with Gasteiger partial charge in [0.1, 0.15) is 17.5 Å². The lowest BCUT2D eigenvalue weighted by Gasteiger charge is -2.40. The summed E-state index contributed by atoms with van der Waals surface area (Å²) in [5.74, 6) is 1.84. The summed E-state index contributed by atoms with van der Waals surface area (Å²) in [6, 6.07) is 3.83. The highest BCUT2D eigenvalue weighted by Gasteiger charge is 2.27. The highest BCUT2D eigenvalue weighted by molar-refractivity contribution is 14.0. The van der Waals surface area contributed by atoms with Crippen LogP contribution in [0.3, 0.4) is 0 Å². The molecule has 170 valence electrons. The summed E-state index contributed by atoms with van der Waals surface area (Å²) in [6.07, 6.45) is 2.90. The van der Waals surface area contributed by atoms with E-state index in [1.807, 2.05) is 6.92 Å². The van der Waals surface area contributed by atoms with Crippen LogP contribution in [0.25, 0.3) is 0 Å². The first-order valence-corrected chi connectivity index (χ1v) is 10.7. The Morgan fingerprint density at radius 2 is 1.94 bits per heavy atom. The standard InChI is InChI=1S/C21H29F2N7.HI/c1-3-18(16-7-6-15(22)13-17(16)23)28-9-11-29(12-10-28)21(24-2)25-14-20-27-26-19-5-4-8-30(19)20;/h6-7,13,18H,3-5,8-12,14H2,1-2H3,(H,24,25);1H. The summed E-state index contributed by atoms with van der Waals surface area (Å²) >= 11 is 0. The molecule has 1 fully saturated rings. The van der Waals surface area contributed by atoms with E-state index in [2.05, 4.69) is 34.9 Å². The van der Waals surface area contributed by atoms with E-state index in [9.17, 15) is 8.78 Å². The Kier molecular flexibility index (Phi) is 8.20. The fourth-order valence-corrected chi connectivity index (χ4v) is 4.52. The van der Waals surface area contributed by atoms with E-state index in [0.717, 1.165) is 75.7 Å². The van der Waals surface area contributed by atoms with Gasteiger partial charge >= 0.3 is 0 Å². The molecule has 1 N–H and O–H groups in total. The first kappa shape index (κ1) is 23.8. The fourth-order valence-electron chi connectivity index (χ4n) is 4.52. The number of halogens is 3. The minimum atomic E-state index is -0.538.